The normalized spacial score (nSPS) is 28.0. The zero-order valence-corrected chi connectivity index (χ0v) is 9.93. The van der Waals surface area contributed by atoms with Crippen LogP contribution in [0.15, 0.2) is 0 Å². The molecule has 2 saturated heterocycles. The summed E-state index contributed by atoms with van der Waals surface area (Å²) in [6.45, 7) is 4.36. The Kier molecular flexibility index (Phi) is 4.32. The lowest BCUT2D eigenvalue weighted by Crippen LogP contribution is -2.26. The molecule has 1 atom stereocenters. The molecular weight excluding hydrogens is 210 g/mol. The molecule has 2 fully saturated rings. The van der Waals surface area contributed by atoms with E-state index < -0.39 is 0 Å². The van der Waals surface area contributed by atoms with Gasteiger partial charge < -0.3 is 9.64 Å². The minimum Gasteiger partial charge on any atom is -0.466 e. The highest BCUT2D eigenvalue weighted by Gasteiger charge is 2.21. The summed E-state index contributed by atoms with van der Waals surface area (Å²) >= 11 is 1.95. The summed E-state index contributed by atoms with van der Waals surface area (Å²) in [5, 5.41) is 0.508. The summed E-state index contributed by atoms with van der Waals surface area (Å²) in [5.41, 5.74) is 0. The fourth-order valence-electron chi connectivity index (χ4n) is 2.15. The summed E-state index contributed by atoms with van der Waals surface area (Å²) in [5.74, 6) is 1.15. The smallest absolute Gasteiger partial charge is 0.306 e. The van der Waals surface area contributed by atoms with Gasteiger partial charge in [0.1, 0.15) is 0 Å². The van der Waals surface area contributed by atoms with Gasteiger partial charge in [-0.05, 0) is 32.4 Å². The molecule has 0 radical (unpaired) electrons. The van der Waals surface area contributed by atoms with Crippen LogP contribution in [0.2, 0.25) is 0 Å². The molecule has 1 unspecified atom stereocenters. The molecule has 0 saturated carbocycles. The predicted molar refractivity (Wildman–Crippen MR) is 62.1 cm³/mol. The molecule has 0 aliphatic carbocycles. The molecule has 15 heavy (non-hydrogen) atoms. The van der Waals surface area contributed by atoms with Crippen LogP contribution >= 0.6 is 11.8 Å². The van der Waals surface area contributed by atoms with E-state index in [0.29, 0.717) is 18.3 Å². The van der Waals surface area contributed by atoms with Crippen LogP contribution in [0.3, 0.4) is 0 Å². The molecule has 3 nitrogen and oxygen atoms in total. The number of thioether (sulfide) groups is 1. The zero-order valence-electron chi connectivity index (χ0n) is 9.11. The quantitative estimate of drug-likeness (QED) is 0.684. The second-order valence-corrected chi connectivity index (χ2v) is 5.66. The average molecular weight is 229 g/mol. The van der Waals surface area contributed by atoms with E-state index in [1.54, 1.807) is 0 Å². The fraction of sp³-hybridized carbons (Fsp3) is 0.909. The van der Waals surface area contributed by atoms with Crippen LogP contribution in [0.1, 0.15) is 25.7 Å². The van der Waals surface area contributed by atoms with Crippen molar-refractivity contribution in [3.05, 3.63) is 0 Å². The van der Waals surface area contributed by atoms with Gasteiger partial charge in [-0.3, -0.25) is 4.79 Å². The van der Waals surface area contributed by atoms with Crippen molar-refractivity contribution >= 4 is 17.7 Å². The Balaban J connectivity index is 1.58. The monoisotopic (exact) mass is 229 g/mol. The van der Waals surface area contributed by atoms with Crippen LogP contribution in [-0.2, 0) is 9.53 Å². The number of nitrogens with zero attached hydrogens (tertiary/aromatic N) is 1. The van der Waals surface area contributed by atoms with Crippen LogP contribution in [0.5, 0.6) is 0 Å². The van der Waals surface area contributed by atoms with Gasteiger partial charge in [0.15, 0.2) is 0 Å². The standard InChI is InChI=1S/C11H19NO2S/c13-11-9-10(3-7-14-11)15-8-6-12-4-1-2-5-12/h10H,1-9H2. The van der Waals surface area contributed by atoms with Gasteiger partial charge in [-0.2, -0.15) is 11.8 Å². The van der Waals surface area contributed by atoms with E-state index in [1.807, 2.05) is 11.8 Å². The maximum Gasteiger partial charge on any atom is 0.306 e. The SMILES string of the molecule is O=C1CC(SCCN2CCCC2)CCO1. The van der Waals surface area contributed by atoms with Gasteiger partial charge >= 0.3 is 5.97 Å². The summed E-state index contributed by atoms with van der Waals surface area (Å²) in [6, 6.07) is 0. The summed E-state index contributed by atoms with van der Waals surface area (Å²) in [7, 11) is 0. The van der Waals surface area contributed by atoms with E-state index in [2.05, 4.69) is 4.90 Å². The van der Waals surface area contributed by atoms with E-state index in [0.717, 1.165) is 12.2 Å². The van der Waals surface area contributed by atoms with E-state index in [-0.39, 0.29) is 5.97 Å². The fourth-order valence-corrected chi connectivity index (χ4v) is 3.36. The molecule has 0 amide bonds. The lowest BCUT2D eigenvalue weighted by atomic mass is 10.2. The highest BCUT2D eigenvalue weighted by Crippen LogP contribution is 2.23. The first-order valence-electron chi connectivity index (χ1n) is 5.84. The predicted octanol–water partition coefficient (Wildman–Crippen LogP) is 1.52. The summed E-state index contributed by atoms with van der Waals surface area (Å²) < 4.78 is 4.93. The minimum absolute atomic E-state index is 0.0140. The van der Waals surface area contributed by atoms with Crippen LogP contribution < -0.4 is 0 Å². The molecule has 2 aliphatic heterocycles. The second-order valence-electron chi connectivity index (χ2n) is 4.25. The molecule has 0 bridgehead atoms. The van der Waals surface area contributed by atoms with Crippen LogP contribution in [0.4, 0.5) is 0 Å². The molecular formula is C11H19NO2S. The highest BCUT2D eigenvalue weighted by molar-refractivity contribution is 7.99. The van der Waals surface area contributed by atoms with Crippen LogP contribution in [0, 0.1) is 0 Å². The molecule has 2 rings (SSSR count). The van der Waals surface area contributed by atoms with Crippen molar-refractivity contribution in [1.29, 1.82) is 0 Å². The number of carbonyl (C=O) groups is 1. The molecule has 2 aliphatic rings. The third kappa shape index (κ3) is 3.68. The molecule has 0 spiro atoms. The Morgan fingerprint density at radius 1 is 1.40 bits per heavy atom. The van der Waals surface area contributed by atoms with Crippen LogP contribution in [0.25, 0.3) is 0 Å². The first-order chi connectivity index (χ1) is 7.34. The van der Waals surface area contributed by atoms with Gasteiger partial charge in [0, 0.05) is 17.5 Å². The largest absolute Gasteiger partial charge is 0.466 e. The van der Waals surface area contributed by atoms with Gasteiger partial charge in [-0.25, -0.2) is 0 Å². The number of carbonyl (C=O) groups excluding carboxylic acids is 1. The Hall–Kier alpha value is -0.220. The molecule has 2 heterocycles. The number of hydrogen-bond acceptors (Lipinski definition) is 4. The summed E-state index contributed by atoms with van der Waals surface area (Å²) in [4.78, 5) is 13.6. The minimum atomic E-state index is -0.0140. The van der Waals surface area contributed by atoms with Gasteiger partial charge in [0.05, 0.1) is 13.0 Å². The number of ether oxygens (including phenoxy) is 1. The first kappa shape index (κ1) is 11.3. The zero-order chi connectivity index (χ0) is 10.5. The van der Waals surface area contributed by atoms with Crippen molar-refractivity contribution in [2.75, 3.05) is 32.0 Å². The second kappa shape index (κ2) is 5.75. The van der Waals surface area contributed by atoms with E-state index in [1.165, 1.54) is 32.5 Å². The van der Waals surface area contributed by atoms with Gasteiger partial charge in [0.25, 0.3) is 0 Å². The topological polar surface area (TPSA) is 29.5 Å². The number of rotatable bonds is 4. The number of hydrogen-bond donors (Lipinski definition) is 0. The van der Waals surface area contributed by atoms with Gasteiger partial charge in [0.2, 0.25) is 0 Å². The van der Waals surface area contributed by atoms with Gasteiger partial charge in [-0.1, -0.05) is 0 Å². The maximum atomic E-state index is 11.0. The van der Waals surface area contributed by atoms with Crippen molar-refractivity contribution in [1.82, 2.24) is 4.90 Å². The average Bonchev–Trinajstić information content (AvgIpc) is 2.71. The van der Waals surface area contributed by atoms with Crippen LogP contribution in [-0.4, -0.2) is 48.1 Å². The van der Waals surface area contributed by atoms with Crippen molar-refractivity contribution in [2.45, 2.75) is 30.9 Å². The Bertz CT molecular complexity index is 217. The molecule has 86 valence electrons. The van der Waals surface area contributed by atoms with Crippen molar-refractivity contribution in [3.8, 4) is 0 Å². The Labute approximate surface area is 95.5 Å². The molecule has 0 N–H and O–H groups in total. The molecule has 4 heteroatoms. The lowest BCUT2D eigenvalue weighted by molar-refractivity contribution is -0.146. The van der Waals surface area contributed by atoms with E-state index >= 15 is 0 Å². The van der Waals surface area contributed by atoms with E-state index in [9.17, 15) is 4.79 Å². The molecule has 0 aromatic heterocycles. The number of esters is 1. The number of likely N-dealkylation sites (tertiary alicyclic amines) is 1. The maximum absolute atomic E-state index is 11.0. The number of cyclic esters (lactones) is 1. The van der Waals surface area contributed by atoms with Crippen molar-refractivity contribution < 1.29 is 9.53 Å². The third-order valence-corrected chi connectivity index (χ3v) is 4.35. The highest BCUT2D eigenvalue weighted by atomic mass is 32.2. The summed E-state index contributed by atoms with van der Waals surface area (Å²) in [6.07, 6.45) is 4.38. The Morgan fingerprint density at radius 2 is 2.20 bits per heavy atom. The first-order valence-corrected chi connectivity index (χ1v) is 6.89. The lowest BCUT2D eigenvalue weighted by Gasteiger charge is -2.22. The van der Waals surface area contributed by atoms with E-state index in [4.69, 9.17) is 4.74 Å². The van der Waals surface area contributed by atoms with Crippen molar-refractivity contribution in [2.24, 2.45) is 0 Å². The van der Waals surface area contributed by atoms with Gasteiger partial charge in [-0.15, -0.1) is 0 Å². The molecule has 0 aromatic rings. The van der Waals surface area contributed by atoms with Crippen molar-refractivity contribution in [3.63, 3.8) is 0 Å². The third-order valence-electron chi connectivity index (χ3n) is 3.06. The molecule has 0 aromatic carbocycles. The Morgan fingerprint density at radius 3 is 2.93 bits per heavy atom.